The van der Waals surface area contributed by atoms with Crippen molar-refractivity contribution < 1.29 is 18.9 Å². The highest BCUT2D eigenvalue weighted by Gasteiger charge is 2.47. The van der Waals surface area contributed by atoms with Gasteiger partial charge in [0, 0.05) is 5.41 Å². The number of hydrogen-bond acceptors (Lipinski definition) is 4. The van der Waals surface area contributed by atoms with Gasteiger partial charge in [-0.15, -0.1) is 0 Å². The quantitative estimate of drug-likeness (QED) is 0.713. The molecule has 2 aliphatic rings. The lowest BCUT2D eigenvalue weighted by Gasteiger charge is -2.45. The zero-order chi connectivity index (χ0) is 13.6. The summed E-state index contributed by atoms with van der Waals surface area (Å²) in [5.74, 6) is 0. The number of rotatable bonds is 2. The van der Waals surface area contributed by atoms with E-state index in [4.69, 9.17) is 18.9 Å². The maximum absolute atomic E-state index is 5.64. The van der Waals surface area contributed by atoms with Crippen molar-refractivity contribution in [2.75, 3.05) is 26.4 Å². The minimum Gasteiger partial charge on any atom is -0.303 e. The first-order valence-electron chi connectivity index (χ1n) is 6.86. The third-order valence-corrected chi connectivity index (χ3v) is 3.52. The highest BCUT2D eigenvalue weighted by atomic mass is 17.0. The van der Waals surface area contributed by atoms with E-state index in [1.54, 1.807) is 0 Å². The molecule has 0 aromatic heterocycles. The van der Waals surface area contributed by atoms with Crippen LogP contribution in [-0.4, -0.2) is 32.6 Å². The van der Waals surface area contributed by atoms with Gasteiger partial charge in [0.25, 0.3) is 0 Å². The van der Waals surface area contributed by atoms with Crippen LogP contribution in [0.25, 0.3) is 0 Å². The van der Waals surface area contributed by atoms with Gasteiger partial charge in [-0.05, 0) is 18.4 Å². The SMILES string of the molecule is C=C1COC2(OC1)OCC(CC)(CC)CO2.CC. The highest BCUT2D eigenvalue weighted by Crippen LogP contribution is 2.37. The predicted molar refractivity (Wildman–Crippen MR) is 70.0 cm³/mol. The van der Waals surface area contributed by atoms with Crippen LogP contribution in [0, 0.1) is 5.41 Å². The Balaban J connectivity index is 0.000000771. The first kappa shape index (κ1) is 15.6. The van der Waals surface area contributed by atoms with Crippen molar-refractivity contribution in [3.05, 3.63) is 12.2 Å². The molecule has 0 radical (unpaired) electrons. The molecule has 0 atom stereocenters. The third kappa shape index (κ3) is 3.32. The summed E-state index contributed by atoms with van der Waals surface area (Å²) in [4.78, 5) is 0. The lowest BCUT2D eigenvalue weighted by molar-refractivity contribution is -0.530. The van der Waals surface area contributed by atoms with Crippen LogP contribution in [0.15, 0.2) is 12.2 Å². The van der Waals surface area contributed by atoms with Crippen molar-refractivity contribution in [2.24, 2.45) is 5.41 Å². The zero-order valence-corrected chi connectivity index (χ0v) is 12.1. The van der Waals surface area contributed by atoms with Gasteiger partial charge in [-0.2, -0.15) is 0 Å². The number of ether oxygens (including phenoxy) is 4. The van der Waals surface area contributed by atoms with Crippen molar-refractivity contribution in [2.45, 2.75) is 46.7 Å². The fourth-order valence-corrected chi connectivity index (χ4v) is 1.86. The Labute approximate surface area is 110 Å². The third-order valence-electron chi connectivity index (χ3n) is 3.52. The van der Waals surface area contributed by atoms with Gasteiger partial charge in [0.05, 0.1) is 26.4 Å². The van der Waals surface area contributed by atoms with Crippen LogP contribution in [0.3, 0.4) is 0 Å². The maximum Gasteiger partial charge on any atom is 0.413 e. The molecule has 18 heavy (non-hydrogen) atoms. The molecule has 0 aliphatic carbocycles. The van der Waals surface area contributed by atoms with Crippen molar-refractivity contribution in [3.63, 3.8) is 0 Å². The first-order chi connectivity index (χ1) is 8.64. The van der Waals surface area contributed by atoms with Crippen LogP contribution in [0.5, 0.6) is 0 Å². The molecule has 0 aromatic carbocycles. The molecule has 4 nitrogen and oxygen atoms in total. The first-order valence-corrected chi connectivity index (χ1v) is 6.86. The van der Waals surface area contributed by atoms with Crippen LogP contribution < -0.4 is 0 Å². The Kier molecular flexibility index (Phi) is 5.79. The molecular formula is C14H26O4. The van der Waals surface area contributed by atoms with Crippen LogP contribution in [0.1, 0.15) is 40.5 Å². The molecule has 2 saturated heterocycles. The molecule has 1 spiro atoms. The summed E-state index contributed by atoms with van der Waals surface area (Å²) in [6, 6.07) is 0. The summed E-state index contributed by atoms with van der Waals surface area (Å²) < 4.78 is 22.2. The van der Waals surface area contributed by atoms with E-state index in [-0.39, 0.29) is 5.41 Å². The van der Waals surface area contributed by atoms with Gasteiger partial charge >= 0.3 is 6.16 Å². The van der Waals surface area contributed by atoms with Crippen LogP contribution in [0.4, 0.5) is 0 Å². The fraction of sp³-hybridized carbons (Fsp3) is 0.857. The molecule has 2 heterocycles. The van der Waals surface area contributed by atoms with Gasteiger partial charge in [-0.3, -0.25) is 9.47 Å². The Morgan fingerprint density at radius 3 is 1.78 bits per heavy atom. The van der Waals surface area contributed by atoms with Crippen LogP contribution >= 0.6 is 0 Å². The molecule has 2 fully saturated rings. The van der Waals surface area contributed by atoms with E-state index in [1.165, 1.54) is 0 Å². The van der Waals surface area contributed by atoms with E-state index in [0.717, 1.165) is 18.4 Å². The second-order valence-corrected chi connectivity index (χ2v) is 4.61. The van der Waals surface area contributed by atoms with E-state index in [1.807, 2.05) is 13.8 Å². The fourth-order valence-electron chi connectivity index (χ4n) is 1.86. The standard InChI is InChI=1S/C12H20O4.C2H6/c1-4-11(5-2)8-15-12(16-9-11)13-6-10(3)7-14-12;1-2/h3-9H2,1-2H3;1-2H3. The highest BCUT2D eigenvalue weighted by molar-refractivity contribution is 4.97. The van der Waals surface area contributed by atoms with Gasteiger partial charge < -0.3 is 9.47 Å². The molecule has 106 valence electrons. The summed E-state index contributed by atoms with van der Waals surface area (Å²) >= 11 is 0. The molecule has 2 aliphatic heterocycles. The van der Waals surface area contributed by atoms with E-state index in [9.17, 15) is 0 Å². The summed E-state index contributed by atoms with van der Waals surface area (Å²) in [6.45, 7) is 14.2. The summed E-state index contributed by atoms with van der Waals surface area (Å²) in [6.07, 6.45) is 0.799. The Morgan fingerprint density at radius 2 is 1.39 bits per heavy atom. The molecular weight excluding hydrogens is 232 g/mol. The molecule has 0 saturated carbocycles. The van der Waals surface area contributed by atoms with Crippen LogP contribution in [-0.2, 0) is 18.9 Å². The Hall–Kier alpha value is -0.420. The molecule has 4 heteroatoms. The minimum absolute atomic E-state index is 0.104. The van der Waals surface area contributed by atoms with Gasteiger partial charge in [0.15, 0.2) is 0 Å². The van der Waals surface area contributed by atoms with Gasteiger partial charge in [0.2, 0.25) is 0 Å². The van der Waals surface area contributed by atoms with Crippen molar-refractivity contribution in [3.8, 4) is 0 Å². The Morgan fingerprint density at radius 1 is 0.944 bits per heavy atom. The van der Waals surface area contributed by atoms with Crippen molar-refractivity contribution in [1.82, 2.24) is 0 Å². The average molecular weight is 258 g/mol. The van der Waals surface area contributed by atoms with E-state index in [0.29, 0.717) is 26.4 Å². The summed E-state index contributed by atoms with van der Waals surface area (Å²) in [5, 5.41) is 0. The zero-order valence-electron chi connectivity index (χ0n) is 12.1. The molecule has 0 aromatic rings. The summed E-state index contributed by atoms with van der Waals surface area (Å²) in [7, 11) is 0. The smallest absolute Gasteiger partial charge is 0.303 e. The maximum atomic E-state index is 5.64. The van der Waals surface area contributed by atoms with Crippen molar-refractivity contribution >= 4 is 0 Å². The monoisotopic (exact) mass is 258 g/mol. The molecule has 0 unspecified atom stereocenters. The lowest BCUT2D eigenvalue weighted by atomic mass is 9.84. The van der Waals surface area contributed by atoms with Gasteiger partial charge in [0.1, 0.15) is 0 Å². The Bertz CT molecular complexity index is 249. The average Bonchev–Trinajstić information content (AvgIpc) is 2.46. The van der Waals surface area contributed by atoms with E-state index in [2.05, 4.69) is 20.4 Å². The minimum atomic E-state index is -1.27. The molecule has 2 rings (SSSR count). The second kappa shape index (κ2) is 6.66. The summed E-state index contributed by atoms with van der Waals surface area (Å²) in [5.41, 5.74) is 1.01. The van der Waals surface area contributed by atoms with E-state index < -0.39 is 6.16 Å². The van der Waals surface area contributed by atoms with Gasteiger partial charge in [-0.1, -0.05) is 34.3 Å². The predicted octanol–water partition coefficient (Wildman–Crippen LogP) is 3.08. The second-order valence-electron chi connectivity index (χ2n) is 4.61. The topological polar surface area (TPSA) is 36.9 Å². The molecule has 0 N–H and O–H groups in total. The van der Waals surface area contributed by atoms with Crippen LogP contribution in [0.2, 0.25) is 0 Å². The largest absolute Gasteiger partial charge is 0.413 e. The molecule has 0 bridgehead atoms. The van der Waals surface area contributed by atoms with E-state index >= 15 is 0 Å². The molecule has 0 amide bonds. The normalized spacial score (nSPS) is 25.4. The lowest BCUT2D eigenvalue weighted by Crippen LogP contribution is -2.54. The van der Waals surface area contributed by atoms with Crippen molar-refractivity contribution in [1.29, 1.82) is 0 Å². The number of hydrogen-bond donors (Lipinski definition) is 0. The van der Waals surface area contributed by atoms with Gasteiger partial charge in [-0.25, -0.2) is 0 Å².